The summed E-state index contributed by atoms with van der Waals surface area (Å²) in [4.78, 5) is 74.5. The van der Waals surface area contributed by atoms with Gasteiger partial charge >= 0.3 is 11.9 Å². The van der Waals surface area contributed by atoms with E-state index < -0.39 is 42.3 Å². The Labute approximate surface area is 522 Å². The van der Waals surface area contributed by atoms with Gasteiger partial charge in [-0.1, -0.05) is 86.2 Å². The van der Waals surface area contributed by atoms with E-state index in [4.69, 9.17) is 38.9 Å². The van der Waals surface area contributed by atoms with Crippen LogP contribution in [0.4, 0.5) is 11.4 Å². The number of nitriles is 2. The molecule has 476 valence electrons. The largest absolute Gasteiger partial charge is 0.464 e. The van der Waals surface area contributed by atoms with Crippen LogP contribution in [0.2, 0.25) is 25.7 Å². The highest BCUT2D eigenvalue weighted by Gasteiger charge is 2.50. The number of carbonyl (C=O) groups excluding carboxylic acids is 4. The van der Waals surface area contributed by atoms with Crippen LogP contribution in [0.25, 0.3) is 11.1 Å². The van der Waals surface area contributed by atoms with Crippen LogP contribution in [0, 0.1) is 33.5 Å². The highest BCUT2D eigenvalue weighted by atomic mass is 28.3. The summed E-state index contributed by atoms with van der Waals surface area (Å²) < 4.78 is 31.4. The first-order valence-electron chi connectivity index (χ1n) is 31.6. The van der Waals surface area contributed by atoms with Crippen molar-refractivity contribution in [2.45, 2.75) is 240 Å². The average Bonchev–Trinajstić information content (AvgIpc) is 1.05. The molecule has 2 saturated heterocycles. The Balaban J connectivity index is 0.000000255. The summed E-state index contributed by atoms with van der Waals surface area (Å²) in [5, 5.41) is 24.6. The van der Waals surface area contributed by atoms with Crippen molar-refractivity contribution in [1.82, 2.24) is 29.5 Å². The standard InChI is InChI=1S/C37H55N5O5Si.C31H41N5O4/c1-10-11-18-46-34(44)37(6)22-27(21-36(4,5)47-37)29-12-13-30(31(40-29)26-14-16-35(2,3)17-15-26)41-33(43)32-39-28(23-38)24-42(32)25-45-19-20-48(7,8)9;1-7-8-15-39-28(38)31(6)17-21(16-30(4,5)40-31)23-9-10-24(36-27(37)26-33-19-22(18-32)34-26)25(35-23)20-11-13-29(2,3)14-12-20/h12-14,24,27H,10-11,15-22,25H2,1-9H3,(H,41,43);9-11,19,21H,7-8,12-17H2,1-6H3,(H,33,34)(H,36,37). The van der Waals surface area contributed by atoms with Crippen LogP contribution in [0.3, 0.4) is 0 Å². The topological polar surface area (TPSA) is 258 Å². The van der Waals surface area contributed by atoms with Crippen molar-refractivity contribution < 1.29 is 42.9 Å². The molecule has 4 aromatic rings. The summed E-state index contributed by atoms with van der Waals surface area (Å²) in [7, 11) is -1.29. The average molecular weight is 1230 g/mol. The van der Waals surface area contributed by atoms with Gasteiger partial charge in [-0.15, -0.1) is 0 Å². The summed E-state index contributed by atoms with van der Waals surface area (Å²) in [5.74, 6) is -1.49. The van der Waals surface area contributed by atoms with Crippen LogP contribution in [0.15, 0.2) is 48.8 Å². The predicted octanol–water partition coefficient (Wildman–Crippen LogP) is 14.4. The predicted molar refractivity (Wildman–Crippen MR) is 343 cm³/mol. The number of pyridine rings is 2. The number of unbranched alkanes of at least 4 members (excludes halogenated alkanes) is 2. The maximum atomic E-state index is 13.8. The number of H-pyrrole nitrogens is 1. The van der Waals surface area contributed by atoms with Crippen molar-refractivity contribution in [3.05, 3.63) is 94.6 Å². The Morgan fingerprint density at radius 2 is 1.17 bits per heavy atom. The van der Waals surface area contributed by atoms with E-state index in [1.807, 2.05) is 77.9 Å². The molecule has 4 aromatic heterocycles. The number of hydrogen-bond donors (Lipinski definition) is 3. The monoisotopic (exact) mass is 1220 g/mol. The van der Waals surface area contributed by atoms with Crippen molar-refractivity contribution in [2.24, 2.45) is 10.8 Å². The van der Waals surface area contributed by atoms with Crippen LogP contribution >= 0.6 is 0 Å². The van der Waals surface area contributed by atoms with Crippen molar-refractivity contribution in [2.75, 3.05) is 30.5 Å². The maximum Gasteiger partial charge on any atom is 0.338 e. The molecule has 2 aliphatic carbocycles. The number of esters is 2. The molecule has 0 bridgehead atoms. The number of imidazole rings is 2. The third-order valence-electron chi connectivity index (χ3n) is 17.0. The number of nitrogens with one attached hydrogen (secondary N) is 3. The van der Waals surface area contributed by atoms with Gasteiger partial charge in [-0.25, -0.2) is 19.6 Å². The summed E-state index contributed by atoms with van der Waals surface area (Å²) >= 11 is 0. The van der Waals surface area contributed by atoms with Crippen LogP contribution < -0.4 is 10.6 Å². The number of allylic oxidation sites excluding steroid dienone is 4. The van der Waals surface area contributed by atoms with Gasteiger partial charge in [0, 0.05) is 44.1 Å². The van der Waals surface area contributed by atoms with Crippen LogP contribution in [0.1, 0.15) is 240 Å². The Hall–Kier alpha value is -6.84. The number of ether oxygens (including phenoxy) is 5. The molecule has 8 rings (SSSR count). The second-order valence-corrected chi connectivity index (χ2v) is 34.5. The molecule has 0 radical (unpaired) electrons. The van der Waals surface area contributed by atoms with E-state index >= 15 is 0 Å². The number of amides is 2. The number of aromatic nitrogens is 6. The number of rotatable bonds is 21. The van der Waals surface area contributed by atoms with Crippen molar-refractivity contribution in [3.63, 3.8) is 0 Å². The molecule has 3 N–H and O–H groups in total. The van der Waals surface area contributed by atoms with Gasteiger partial charge < -0.3 is 43.9 Å². The zero-order valence-electron chi connectivity index (χ0n) is 55.0. The molecular formula is C68H96N10O9Si. The Morgan fingerprint density at radius 3 is 1.59 bits per heavy atom. The van der Waals surface area contributed by atoms with E-state index in [-0.39, 0.29) is 64.4 Å². The lowest BCUT2D eigenvalue weighted by Crippen LogP contribution is -2.52. The van der Waals surface area contributed by atoms with Gasteiger partial charge in [0.1, 0.15) is 24.6 Å². The second-order valence-electron chi connectivity index (χ2n) is 28.9. The Morgan fingerprint density at radius 1 is 0.682 bits per heavy atom. The highest BCUT2D eigenvalue weighted by molar-refractivity contribution is 6.76. The van der Waals surface area contributed by atoms with E-state index in [0.29, 0.717) is 56.9 Å². The fourth-order valence-electron chi connectivity index (χ4n) is 12.1. The zero-order chi connectivity index (χ0) is 64.5. The molecule has 0 spiro atoms. The van der Waals surface area contributed by atoms with Gasteiger partial charge in [-0.2, -0.15) is 10.5 Å². The van der Waals surface area contributed by atoms with Crippen molar-refractivity contribution in [1.29, 1.82) is 10.5 Å². The van der Waals surface area contributed by atoms with Gasteiger partial charge in [0.15, 0.2) is 22.7 Å². The van der Waals surface area contributed by atoms with Gasteiger partial charge in [-0.3, -0.25) is 19.6 Å². The molecule has 2 fully saturated rings. The normalized spacial score (nSPS) is 22.7. The molecular weight excluding hydrogens is 1130 g/mol. The van der Waals surface area contributed by atoms with E-state index in [0.717, 1.165) is 104 Å². The highest BCUT2D eigenvalue weighted by Crippen LogP contribution is 2.48. The third kappa shape index (κ3) is 18.4. The minimum Gasteiger partial charge on any atom is -0.464 e. The van der Waals surface area contributed by atoms with Gasteiger partial charge in [0.05, 0.1) is 53.4 Å². The second kappa shape index (κ2) is 28.3. The third-order valence-corrected chi connectivity index (χ3v) is 18.7. The smallest absolute Gasteiger partial charge is 0.338 e. The van der Waals surface area contributed by atoms with E-state index in [9.17, 15) is 24.4 Å². The van der Waals surface area contributed by atoms with E-state index in [2.05, 4.69) is 98.9 Å². The summed E-state index contributed by atoms with van der Waals surface area (Å²) in [6.07, 6.45) is 18.6. The first-order chi connectivity index (χ1) is 41.3. The summed E-state index contributed by atoms with van der Waals surface area (Å²) in [6.45, 7) is 33.1. The molecule has 4 atom stereocenters. The van der Waals surface area contributed by atoms with E-state index in [1.165, 1.54) is 6.20 Å². The van der Waals surface area contributed by atoms with Gasteiger partial charge in [0.25, 0.3) is 11.8 Å². The molecule has 2 aliphatic heterocycles. The quantitative estimate of drug-likeness (QED) is 0.0398. The summed E-state index contributed by atoms with van der Waals surface area (Å²) in [6, 6.07) is 12.6. The van der Waals surface area contributed by atoms with Crippen LogP contribution in [-0.4, -0.2) is 104 Å². The number of anilines is 2. The minimum absolute atomic E-state index is 0.0418. The number of hydrogen-bond acceptors (Lipinski definition) is 15. The first-order valence-corrected chi connectivity index (χ1v) is 35.3. The Kier molecular flexibility index (Phi) is 22.1. The SMILES string of the molecule is CCCCOC(=O)C1(C)CC(c2ccc(NC(=O)c3nc(C#N)cn3COCC[Si](C)(C)C)c(C3=CCC(C)(C)CC3)n2)CC(C)(C)O1.CCCCOC(=O)C1(C)CC(c2ccc(NC(=O)c3ncc(C#N)[nH]3)c(C3=CCC(C)(C)CC3)n2)CC(C)(C)O1. The number of aromatic amines is 1. The molecule has 4 unspecified atom stereocenters. The molecule has 88 heavy (non-hydrogen) atoms. The molecule has 2 amide bonds. The molecule has 4 aliphatic rings. The fourth-order valence-corrected chi connectivity index (χ4v) is 12.8. The Bertz CT molecular complexity index is 3320. The molecule has 6 heterocycles. The summed E-state index contributed by atoms with van der Waals surface area (Å²) in [5.41, 5.74) is 3.93. The molecule has 20 heteroatoms. The first kappa shape index (κ1) is 68.6. The molecule has 19 nitrogen and oxygen atoms in total. The zero-order valence-corrected chi connectivity index (χ0v) is 56.0. The molecule has 0 aromatic carbocycles. The van der Waals surface area contributed by atoms with Gasteiger partial charge in [0.2, 0.25) is 5.82 Å². The van der Waals surface area contributed by atoms with Crippen molar-refractivity contribution in [3.8, 4) is 12.1 Å². The number of carbonyl (C=O) groups is 4. The molecule has 0 saturated carbocycles. The van der Waals surface area contributed by atoms with Gasteiger partial charge in [-0.05, 0) is 171 Å². The van der Waals surface area contributed by atoms with Crippen molar-refractivity contribution >= 4 is 54.3 Å². The van der Waals surface area contributed by atoms with E-state index in [1.54, 1.807) is 10.8 Å². The lowest BCUT2D eigenvalue weighted by Gasteiger charge is -2.45. The number of nitrogens with zero attached hydrogens (tertiary/aromatic N) is 7. The maximum absolute atomic E-state index is 13.8. The lowest BCUT2D eigenvalue weighted by molar-refractivity contribution is -0.205. The van der Waals surface area contributed by atoms with Crippen LogP contribution in [-0.2, 0) is 40.0 Å². The van der Waals surface area contributed by atoms with Crippen LogP contribution in [0.5, 0.6) is 0 Å². The fraction of sp³-hybridized carbons (Fsp3) is 0.618. The lowest BCUT2D eigenvalue weighted by atomic mass is 9.77. The minimum atomic E-state index is -1.29.